The fourth-order valence-corrected chi connectivity index (χ4v) is 2.41. The van der Waals surface area contributed by atoms with Gasteiger partial charge < -0.3 is 15.0 Å². The van der Waals surface area contributed by atoms with Gasteiger partial charge >= 0.3 is 0 Å². The van der Waals surface area contributed by atoms with Crippen LogP contribution in [-0.4, -0.2) is 31.5 Å². The van der Waals surface area contributed by atoms with Gasteiger partial charge in [0, 0.05) is 17.7 Å². The third kappa shape index (κ3) is 4.98. The summed E-state index contributed by atoms with van der Waals surface area (Å²) in [5, 5.41) is 13.5. The number of carbonyl (C=O) groups is 1. The smallest absolute Gasteiger partial charge is 0.279 e. The van der Waals surface area contributed by atoms with Gasteiger partial charge in [-0.3, -0.25) is 14.9 Å². The maximum Gasteiger partial charge on any atom is 0.279 e. The quantitative estimate of drug-likeness (QED) is 0.585. The van der Waals surface area contributed by atoms with E-state index in [1.54, 1.807) is 25.2 Å². The van der Waals surface area contributed by atoms with Gasteiger partial charge in [-0.25, -0.2) is 4.39 Å². The van der Waals surface area contributed by atoms with Crippen LogP contribution in [0.5, 0.6) is 5.75 Å². The Labute approximate surface area is 144 Å². The summed E-state index contributed by atoms with van der Waals surface area (Å²) in [6.07, 6.45) is 0. The molecule has 0 spiro atoms. The SMILES string of the molecule is COc1ccc([N+](=O)[O-])cc1NC(=O)C[NH+](C)Cc1ccccc1F. The Morgan fingerprint density at radius 1 is 1.32 bits per heavy atom. The first-order valence-corrected chi connectivity index (χ1v) is 7.57. The van der Waals surface area contributed by atoms with Crippen molar-refractivity contribution in [1.29, 1.82) is 0 Å². The number of non-ortho nitro benzene ring substituents is 1. The van der Waals surface area contributed by atoms with Gasteiger partial charge in [-0.15, -0.1) is 0 Å². The van der Waals surface area contributed by atoms with Crippen LogP contribution in [0.15, 0.2) is 42.5 Å². The van der Waals surface area contributed by atoms with E-state index < -0.39 is 4.92 Å². The highest BCUT2D eigenvalue weighted by Crippen LogP contribution is 2.28. The maximum atomic E-state index is 13.7. The third-order valence-electron chi connectivity index (χ3n) is 3.58. The van der Waals surface area contributed by atoms with Crippen molar-refractivity contribution in [3.63, 3.8) is 0 Å². The fraction of sp³-hybridized carbons (Fsp3) is 0.235. The zero-order chi connectivity index (χ0) is 18.4. The van der Waals surface area contributed by atoms with E-state index in [0.717, 1.165) is 4.90 Å². The minimum absolute atomic E-state index is 0.0696. The lowest BCUT2D eigenvalue weighted by molar-refractivity contribution is -0.885. The largest absolute Gasteiger partial charge is 0.495 e. The lowest BCUT2D eigenvalue weighted by Crippen LogP contribution is -3.08. The highest BCUT2D eigenvalue weighted by molar-refractivity contribution is 5.93. The van der Waals surface area contributed by atoms with Crippen molar-refractivity contribution in [2.24, 2.45) is 0 Å². The molecule has 2 rings (SSSR count). The van der Waals surface area contributed by atoms with Crippen LogP contribution < -0.4 is 15.0 Å². The number of amides is 1. The van der Waals surface area contributed by atoms with E-state index in [1.165, 1.54) is 31.4 Å². The van der Waals surface area contributed by atoms with Crippen molar-refractivity contribution in [1.82, 2.24) is 0 Å². The Balaban J connectivity index is 2.03. The summed E-state index contributed by atoms with van der Waals surface area (Å²) in [7, 11) is 3.17. The molecule has 0 heterocycles. The van der Waals surface area contributed by atoms with Gasteiger partial charge in [0.15, 0.2) is 6.54 Å². The number of anilines is 1. The molecule has 1 unspecified atom stereocenters. The second-order valence-corrected chi connectivity index (χ2v) is 5.59. The molecule has 0 radical (unpaired) electrons. The normalized spacial score (nSPS) is 11.6. The molecule has 0 bridgehead atoms. The molecule has 0 aromatic heterocycles. The van der Waals surface area contributed by atoms with Crippen molar-refractivity contribution < 1.29 is 23.7 Å². The molecule has 0 aliphatic heterocycles. The number of hydrogen-bond acceptors (Lipinski definition) is 4. The van der Waals surface area contributed by atoms with Crippen LogP contribution in [0.1, 0.15) is 5.56 Å². The van der Waals surface area contributed by atoms with Crippen molar-refractivity contribution in [3.8, 4) is 5.75 Å². The first kappa shape index (κ1) is 18.3. The summed E-state index contributed by atoms with van der Waals surface area (Å²) < 4.78 is 18.8. The number of carbonyl (C=O) groups excluding carboxylic acids is 1. The molecule has 0 saturated heterocycles. The summed E-state index contributed by atoms with van der Waals surface area (Å²) in [6.45, 7) is 0.409. The average Bonchev–Trinajstić information content (AvgIpc) is 2.56. The highest BCUT2D eigenvalue weighted by Gasteiger charge is 2.17. The van der Waals surface area contributed by atoms with E-state index in [1.807, 2.05) is 0 Å². The van der Waals surface area contributed by atoms with Gasteiger partial charge in [0.2, 0.25) is 0 Å². The van der Waals surface area contributed by atoms with Gasteiger partial charge in [-0.05, 0) is 12.1 Å². The van der Waals surface area contributed by atoms with E-state index in [2.05, 4.69) is 5.32 Å². The van der Waals surface area contributed by atoms with Crippen LogP contribution in [0.3, 0.4) is 0 Å². The van der Waals surface area contributed by atoms with Crippen LogP contribution in [-0.2, 0) is 11.3 Å². The number of quaternary nitrogens is 1. The van der Waals surface area contributed by atoms with E-state index in [-0.39, 0.29) is 29.6 Å². The minimum atomic E-state index is -0.551. The lowest BCUT2D eigenvalue weighted by Gasteiger charge is -2.15. The number of benzene rings is 2. The Kier molecular flexibility index (Phi) is 6.02. The molecule has 1 amide bonds. The summed E-state index contributed by atoms with van der Waals surface area (Å²) in [5.74, 6) is -0.346. The number of halogens is 1. The van der Waals surface area contributed by atoms with E-state index in [4.69, 9.17) is 4.74 Å². The molecule has 2 aromatic carbocycles. The zero-order valence-electron chi connectivity index (χ0n) is 13.9. The topological polar surface area (TPSA) is 85.9 Å². The molecule has 0 saturated carbocycles. The molecule has 1 atom stereocenters. The second kappa shape index (κ2) is 8.20. The molecule has 25 heavy (non-hydrogen) atoms. The van der Waals surface area contributed by atoms with E-state index >= 15 is 0 Å². The molecular weight excluding hydrogens is 329 g/mol. The average molecular weight is 348 g/mol. The van der Waals surface area contributed by atoms with Crippen molar-refractivity contribution in [2.45, 2.75) is 6.54 Å². The zero-order valence-corrected chi connectivity index (χ0v) is 13.9. The van der Waals surface area contributed by atoms with Crippen LogP contribution in [0.25, 0.3) is 0 Å². The number of hydrogen-bond donors (Lipinski definition) is 2. The van der Waals surface area contributed by atoms with Crippen molar-refractivity contribution >= 4 is 17.3 Å². The molecule has 0 fully saturated rings. The monoisotopic (exact) mass is 348 g/mol. The molecule has 2 aromatic rings. The lowest BCUT2D eigenvalue weighted by atomic mass is 10.2. The molecular formula is C17H19FN3O4+. The van der Waals surface area contributed by atoms with Gasteiger partial charge in [-0.1, -0.05) is 18.2 Å². The first-order chi connectivity index (χ1) is 11.9. The number of rotatable bonds is 7. The number of nitrogens with zero attached hydrogens (tertiary/aromatic N) is 1. The Morgan fingerprint density at radius 2 is 2.04 bits per heavy atom. The van der Waals surface area contributed by atoms with Gasteiger partial charge in [0.25, 0.3) is 11.6 Å². The number of nitrogens with one attached hydrogen (secondary N) is 2. The summed E-state index contributed by atoms with van der Waals surface area (Å²) >= 11 is 0. The van der Waals surface area contributed by atoms with Crippen LogP contribution in [0.2, 0.25) is 0 Å². The van der Waals surface area contributed by atoms with E-state index in [0.29, 0.717) is 17.9 Å². The van der Waals surface area contributed by atoms with Crippen LogP contribution >= 0.6 is 0 Å². The number of likely N-dealkylation sites (N-methyl/N-ethyl adjacent to an activating group) is 1. The highest BCUT2D eigenvalue weighted by atomic mass is 19.1. The Morgan fingerprint density at radius 3 is 2.68 bits per heavy atom. The number of methoxy groups -OCH3 is 1. The predicted octanol–water partition coefficient (Wildman–Crippen LogP) is 1.40. The fourth-order valence-electron chi connectivity index (χ4n) is 2.41. The molecule has 0 aliphatic rings. The molecule has 7 nitrogen and oxygen atoms in total. The first-order valence-electron chi connectivity index (χ1n) is 7.57. The summed E-state index contributed by atoms with van der Waals surface area (Å²) in [5.41, 5.74) is 0.587. The van der Waals surface area contributed by atoms with Crippen LogP contribution in [0, 0.1) is 15.9 Å². The Bertz CT molecular complexity index is 782. The standard InChI is InChI=1S/C17H18FN3O4/c1-20(10-12-5-3-4-6-14(12)18)11-17(22)19-15-9-13(21(23)24)7-8-16(15)25-2/h3-9H,10-11H2,1-2H3,(H,19,22)/p+1. The van der Waals surface area contributed by atoms with E-state index in [9.17, 15) is 19.3 Å². The molecule has 2 N–H and O–H groups in total. The maximum absolute atomic E-state index is 13.7. The number of nitro benzene ring substituents is 1. The van der Waals surface area contributed by atoms with Gasteiger partial charge in [0.1, 0.15) is 18.1 Å². The second-order valence-electron chi connectivity index (χ2n) is 5.59. The summed E-state index contributed by atoms with van der Waals surface area (Å²) in [6, 6.07) is 10.3. The third-order valence-corrected chi connectivity index (χ3v) is 3.58. The molecule has 132 valence electrons. The molecule has 0 aliphatic carbocycles. The van der Waals surface area contributed by atoms with Crippen LogP contribution in [0.4, 0.5) is 15.8 Å². The van der Waals surface area contributed by atoms with Gasteiger partial charge in [-0.2, -0.15) is 0 Å². The molecule has 8 heteroatoms. The van der Waals surface area contributed by atoms with Crippen molar-refractivity contribution in [3.05, 3.63) is 64.0 Å². The van der Waals surface area contributed by atoms with Crippen molar-refractivity contribution in [2.75, 3.05) is 26.0 Å². The number of ether oxygens (including phenoxy) is 1. The van der Waals surface area contributed by atoms with Gasteiger partial charge in [0.05, 0.1) is 24.8 Å². The Hall–Kier alpha value is -3.00. The minimum Gasteiger partial charge on any atom is -0.495 e. The summed E-state index contributed by atoms with van der Waals surface area (Å²) in [4.78, 5) is 23.3. The predicted molar refractivity (Wildman–Crippen MR) is 90.1 cm³/mol. The number of nitro groups is 1.